The maximum absolute atomic E-state index is 11.7. The Morgan fingerprint density at radius 3 is 3.07 bits per heavy atom. The van der Waals surface area contributed by atoms with Crippen LogP contribution in [0.2, 0.25) is 0 Å². The van der Waals surface area contributed by atoms with Crippen LogP contribution < -0.4 is 4.90 Å². The summed E-state index contributed by atoms with van der Waals surface area (Å²) < 4.78 is 1.02. The molecule has 15 heavy (non-hydrogen) atoms. The van der Waals surface area contributed by atoms with Crippen LogP contribution in [0.4, 0.5) is 5.82 Å². The third-order valence-electron chi connectivity index (χ3n) is 2.46. The molecular weight excluding hydrogens is 323 g/mol. The predicted molar refractivity (Wildman–Crippen MR) is 71.3 cm³/mol. The van der Waals surface area contributed by atoms with E-state index in [2.05, 4.69) is 40.2 Å². The molecule has 0 aromatic carbocycles. The average molecular weight is 334 g/mol. The van der Waals surface area contributed by atoms with E-state index in [1.165, 1.54) is 0 Å². The average Bonchev–Trinajstić information content (AvgIpc) is 2.60. The normalized spacial score (nSPS) is 21.1. The van der Waals surface area contributed by atoms with Gasteiger partial charge in [-0.05, 0) is 46.4 Å². The number of rotatable bonds is 2. The summed E-state index contributed by atoms with van der Waals surface area (Å²) in [7, 11) is 0. The van der Waals surface area contributed by atoms with Gasteiger partial charge < -0.3 is 0 Å². The van der Waals surface area contributed by atoms with Crippen molar-refractivity contribution in [3.63, 3.8) is 0 Å². The number of nitrogens with zero attached hydrogens (tertiary/aromatic N) is 2. The van der Waals surface area contributed by atoms with E-state index in [1.807, 2.05) is 12.1 Å². The van der Waals surface area contributed by atoms with Crippen LogP contribution in [0, 0.1) is 9.49 Å². The molecule has 2 heterocycles. The molecule has 0 radical (unpaired) electrons. The summed E-state index contributed by atoms with van der Waals surface area (Å²) in [4.78, 5) is 17.8. The van der Waals surface area contributed by atoms with Crippen LogP contribution in [-0.4, -0.2) is 23.2 Å². The highest BCUT2D eigenvalue weighted by Crippen LogP contribution is 2.27. The number of pyridine rings is 1. The molecule has 0 aliphatic carbocycles. The van der Waals surface area contributed by atoms with Crippen molar-refractivity contribution < 1.29 is 4.79 Å². The van der Waals surface area contributed by atoms with E-state index in [0.717, 1.165) is 21.7 Å². The van der Waals surface area contributed by atoms with Crippen molar-refractivity contribution in [2.45, 2.75) is 6.42 Å². The van der Waals surface area contributed by atoms with Gasteiger partial charge in [-0.2, -0.15) is 12.6 Å². The van der Waals surface area contributed by atoms with E-state index in [-0.39, 0.29) is 5.91 Å². The molecule has 0 bridgehead atoms. The molecule has 1 aliphatic heterocycles. The fraction of sp³-hybridized carbons (Fsp3) is 0.400. The number of amides is 1. The largest absolute Gasteiger partial charge is 0.296 e. The molecule has 0 saturated carbocycles. The molecule has 1 atom stereocenters. The van der Waals surface area contributed by atoms with E-state index < -0.39 is 0 Å². The Kier molecular flexibility index (Phi) is 3.50. The fourth-order valence-corrected chi connectivity index (χ4v) is 2.57. The zero-order valence-electron chi connectivity index (χ0n) is 8.06. The molecule has 1 saturated heterocycles. The molecule has 3 nitrogen and oxygen atoms in total. The van der Waals surface area contributed by atoms with E-state index in [1.54, 1.807) is 11.1 Å². The van der Waals surface area contributed by atoms with Gasteiger partial charge >= 0.3 is 0 Å². The molecule has 2 rings (SSSR count). The molecule has 1 unspecified atom stereocenters. The van der Waals surface area contributed by atoms with Gasteiger partial charge in [-0.1, -0.05) is 0 Å². The third kappa shape index (κ3) is 2.28. The summed E-state index contributed by atoms with van der Waals surface area (Å²) in [5, 5.41) is 0. The molecule has 1 fully saturated rings. The lowest BCUT2D eigenvalue weighted by Gasteiger charge is -2.16. The van der Waals surface area contributed by atoms with Crippen LogP contribution in [0.1, 0.15) is 6.42 Å². The monoisotopic (exact) mass is 334 g/mol. The SMILES string of the molecule is O=C1CC(CS)CN1c1ncccc1I. The first-order valence-corrected chi connectivity index (χ1v) is 6.45. The number of thiol groups is 1. The first-order valence-electron chi connectivity index (χ1n) is 4.74. The summed E-state index contributed by atoms with van der Waals surface area (Å²) in [5.41, 5.74) is 0. The number of hydrogen-bond acceptors (Lipinski definition) is 3. The molecule has 1 aliphatic rings. The molecule has 1 aromatic heterocycles. The Morgan fingerprint density at radius 2 is 2.47 bits per heavy atom. The lowest BCUT2D eigenvalue weighted by molar-refractivity contribution is -0.117. The number of carbonyl (C=O) groups is 1. The van der Waals surface area contributed by atoms with Crippen LogP contribution >= 0.6 is 35.2 Å². The fourth-order valence-electron chi connectivity index (χ4n) is 1.68. The van der Waals surface area contributed by atoms with Crippen LogP contribution in [-0.2, 0) is 4.79 Å². The Balaban J connectivity index is 2.25. The molecule has 0 spiro atoms. The van der Waals surface area contributed by atoms with Gasteiger partial charge in [0.05, 0.1) is 3.57 Å². The lowest BCUT2D eigenvalue weighted by atomic mass is 10.1. The molecule has 1 aromatic rings. The van der Waals surface area contributed by atoms with Gasteiger partial charge in [0, 0.05) is 19.2 Å². The highest BCUT2D eigenvalue weighted by molar-refractivity contribution is 14.1. The van der Waals surface area contributed by atoms with Crippen LogP contribution in [0.3, 0.4) is 0 Å². The Labute approximate surface area is 108 Å². The van der Waals surface area contributed by atoms with E-state index in [4.69, 9.17) is 0 Å². The number of hydrogen-bond donors (Lipinski definition) is 1. The van der Waals surface area contributed by atoms with Crippen molar-refractivity contribution in [3.8, 4) is 0 Å². The van der Waals surface area contributed by atoms with E-state index in [9.17, 15) is 4.79 Å². The van der Waals surface area contributed by atoms with Crippen LogP contribution in [0.5, 0.6) is 0 Å². The predicted octanol–water partition coefficient (Wildman–Crippen LogP) is 1.97. The molecule has 5 heteroatoms. The van der Waals surface area contributed by atoms with Crippen molar-refractivity contribution in [2.75, 3.05) is 17.2 Å². The highest BCUT2D eigenvalue weighted by Gasteiger charge is 2.31. The van der Waals surface area contributed by atoms with Crippen molar-refractivity contribution in [1.82, 2.24) is 4.98 Å². The summed E-state index contributed by atoms with van der Waals surface area (Å²) >= 11 is 6.44. The van der Waals surface area contributed by atoms with Crippen molar-refractivity contribution in [2.24, 2.45) is 5.92 Å². The van der Waals surface area contributed by atoms with Gasteiger partial charge in [0.1, 0.15) is 5.82 Å². The Hall–Kier alpha value is -0.300. The van der Waals surface area contributed by atoms with Gasteiger partial charge in [0.2, 0.25) is 5.91 Å². The maximum atomic E-state index is 11.7. The van der Waals surface area contributed by atoms with Gasteiger partial charge in [0.15, 0.2) is 0 Å². The highest BCUT2D eigenvalue weighted by atomic mass is 127. The second-order valence-electron chi connectivity index (χ2n) is 3.57. The number of carbonyl (C=O) groups excluding carboxylic acids is 1. The summed E-state index contributed by atoms with van der Waals surface area (Å²) in [6, 6.07) is 3.84. The van der Waals surface area contributed by atoms with Crippen molar-refractivity contribution in [1.29, 1.82) is 0 Å². The zero-order valence-corrected chi connectivity index (χ0v) is 11.1. The topological polar surface area (TPSA) is 33.2 Å². The Morgan fingerprint density at radius 1 is 1.67 bits per heavy atom. The third-order valence-corrected chi connectivity index (χ3v) is 3.82. The minimum Gasteiger partial charge on any atom is -0.296 e. The summed E-state index contributed by atoms with van der Waals surface area (Å²) in [5.74, 6) is 2.06. The standard InChI is InChI=1S/C10H11IN2OS/c11-8-2-1-3-12-10(8)13-5-7(6-15)4-9(13)14/h1-3,7,15H,4-6H2. The first kappa shape index (κ1) is 11.2. The maximum Gasteiger partial charge on any atom is 0.228 e. The molecule has 80 valence electrons. The second kappa shape index (κ2) is 4.69. The first-order chi connectivity index (χ1) is 7.22. The quantitative estimate of drug-likeness (QED) is 0.663. The zero-order chi connectivity index (χ0) is 10.8. The second-order valence-corrected chi connectivity index (χ2v) is 5.09. The number of halogens is 1. The molecular formula is C10H11IN2OS. The minimum absolute atomic E-state index is 0.158. The summed E-state index contributed by atoms with van der Waals surface area (Å²) in [6.45, 7) is 0.745. The number of anilines is 1. The van der Waals surface area contributed by atoms with Gasteiger partial charge in [-0.15, -0.1) is 0 Å². The smallest absolute Gasteiger partial charge is 0.228 e. The summed E-state index contributed by atoms with van der Waals surface area (Å²) in [6.07, 6.45) is 2.31. The lowest BCUT2D eigenvalue weighted by Crippen LogP contribution is -2.26. The Bertz CT molecular complexity index is 385. The van der Waals surface area contributed by atoms with Gasteiger partial charge in [-0.25, -0.2) is 4.98 Å². The van der Waals surface area contributed by atoms with Crippen LogP contribution in [0.15, 0.2) is 18.3 Å². The van der Waals surface area contributed by atoms with E-state index >= 15 is 0 Å². The van der Waals surface area contributed by atoms with Gasteiger partial charge in [-0.3, -0.25) is 9.69 Å². The van der Waals surface area contributed by atoms with E-state index in [0.29, 0.717) is 12.3 Å². The molecule has 1 amide bonds. The van der Waals surface area contributed by atoms with Gasteiger partial charge in [0.25, 0.3) is 0 Å². The van der Waals surface area contributed by atoms with Crippen LogP contribution in [0.25, 0.3) is 0 Å². The van der Waals surface area contributed by atoms with Crippen molar-refractivity contribution in [3.05, 3.63) is 21.9 Å². The van der Waals surface area contributed by atoms with Crippen molar-refractivity contribution >= 4 is 46.9 Å². The molecule has 0 N–H and O–H groups in total. The number of aromatic nitrogens is 1. The minimum atomic E-state index is 0.158.